The minimum atomic E-state index is -0.187. The number of carbonyl (C=O) groups is 1. The first-order chi connectivity index (χ1) is 9.21. The number of aryl methyl sites for hydroxylation is 1. The van der Waals surface area contributed by atoms with Crippen LogP contribution in [0.4, 0.5) is 0 Å². The molecule has 2 N–H and O–H groups in total. The second-order valence-corrected chi connectivity index (χ2v) is 5.85. The van der Waals surface area contributed by atoms with Gasteiger partial charge in [0.05, 0.1) is 17.7 Å². The average Bonchev–Trinajstić information content (AvgIpc) is 3.02. The number of hydrogen-bond donors (Lipinski definition) is 2. The molecule has 1 aliphatic heterocycles. The van der Waals surface area contributed by atoms with Crippen LogP contribution in [0.25, 0.3) is 0 Å². The first-order valence-corrected chi connectivity index (χ1v) is 7.12. The summed E-state index contributed by atoms with van der Waals surface area (Å²) in [6.07, 6.45) is 4.59. The number of fused-ring (bicyclic) bond motifs is 1. The Hall–Kier alpha value is -1.36. The van der Waals surface area contributed by atoms with Crippen LogP contribution in [0, 0.1) is 18.3 Å². The Bertz CT molecular complexity index is 471. The van der Waals surface area contributed by atoms with E-state index in [4.69, 9.17) is 4.52 Å². The summed E-state index contributed by atoms with van der Waals surface area (Å²) >= 11 is 0. The zero-order valence-electron chi connectivity index (χ0n) is 11.4. The van der Waals surface area contributed by atoms with Gasteiger partial charge in [-0.25, -0.2) is 0 Å². The minimum absolute atomic E-state index is 0.177. The molecule has 0 radical (unpaired) electrons. The van der Waals surface area contributed by atoms with E-state index in [9.17, 15) is 4.79 Å². The monoisotopic (exact) mass is 263 g/mol. The average molecular weight is 263 g/mol. The van der Waals surface area contributed by atoms with Crippen LogP contribution in [0.3, 0.4) is 0 Å². The lowest BCUT2D eigenvalue weighted by molar-refractivity contribution is -0.134. The van der Waals surface area contributed by atoms with E-state index < -0.39 is 0 Å². The molecule has 2 aliphatic rings. The number of hydrogen-bond acceptors (Lipinski definition) is 4. The molecule has 2 atom stereocenters. The van der Waals surface area contributed by atoms with Crippen molar-refractivity contribution in [3.8, 4) is 0 Å². The summed E-state index contributed by atoms with van der Waals surface area (Å²) in [6, 6.07) is 1.86. The zero-order valence-corrected chi connectivity index (χ0v) is 11.4. The van der Waals surface area contributed by atoms with Crippen molar-refractivity contribution in [2.45, 2.75) is 39.2 Å². The molecule has 104 valence electrons. The van der Waals surface area contributed by atoms with E-state index in [1.54, 1.807) is 0 Å². The second-order valence-electron chi connectivity index (χ2n) is 5.85. The van der Waals surface area contributed by atoms with Gasteiger partial charge in [0.1, 0.15) is 0 Å². The Balaban J connectivity index is 1.65. The number of nitrogens with zero attached hydrogens (tertiary/aromatic N) is 1. The SMILES string of the molecule is Cc1cc(CNC(=O)[C@@]23CCCC[C@H]2CNC3)on1. The van der Waals surface area contributed by atoms with Crippen molar-refractivity contribution in [3.05, 3.63) is 17.5 Å². The maximum atomic E-state index is 12.6. The summed E-state index contributed by atoms with van der Waals surface area (Å²) in [4.78, 5) is 12.6. The molecule has 0 spiro atoms. The first-order valence-electron chi connectivity index (χ1n) is 7.12. The molecule has 3 rings (SSSR count). The number of rotatable bonds is 3. The normalized spacial score (nSPS) is 30.1. The van der Waals surface area contributed by atoms with Crippen LogP contribution < -0.4 is 10.6 Å². The van der Waals surface area contributed by atoms with Gasteiger partial charge in [-0.3, -0.25) is 4.79 Å². The lowest BCUT2D eigenvalue weighted by Crippen LogP contribution is -2.47. The van der Waals surface area contributed by atoms with Gasteiger partial charge in [-0.2, -0.15) is 0 Å². The molecule has 5 nitrogen and oxygen atoms in total. The van der Waals surface area contributed by atoms with E-state index in [1.165, 1.54) is 12.8 Å². The van der Waals surface area contributed by atoms with Crippen LogP contribution in [-0.4, -0.2) is 24.2 Å². The molecule has 5 heteroatoms. The summed E-state index contributed by atoms with van der Waals surface area (Å²) < 4.78 is 5.13. The van der Waals surface area contributed by atoms with Gasteiger partial charge in [0.15, 0.2) is 5.76 Å². The molecule has 0 bridgehead atoms. The molecule has 1 aromatic heterocycles. The third-order valence-electron chi connectivity index (χ3n) is 4.59. The summed E-state index contributed by atoms with van der Waals surface area (Å²) in [5.74, 6) is 1.40. The van der Waals surface area contributed by atoms with E-state index in [2.05, 4.69) is 15.8 Å². The lowest BCUT2D eigenvalue weighted by Gasteiger charge is -2.37. The highest BCUT2D eigenvalue weighted by atomic mass is 16.5. The van der Waals surface area contributed by atoms with Crippen LogP contribution >= 0.6 is 0 Å². The van der Waals surface area contributed by atoms with E-state index >= 15 is 0 Å². The Morgan fingerprint density at radius 1 is 1.63 bits per heavy atom. The maximum Gasteiger partial charge on any atom is 0.228 e. The highest BCUT2D eigenvalue weighted by Crippen LogP contribution is 2.43. The Morgan fingerprint density at radius 2 is 2.53 bits per heavy atom. The van der Waals surface area contributed by atoms with Gasteiger partial charge in [-0.15, -0.1) is 0 Å². The van der Waals surface area contributed by atoms with Crippen molar-refractivity contribution >= 4 is 5.91 Å². The number of amides is 1. The highest BCUT2D eigenvalue weighted by molar-refractivity contribution is 5.83. The van der Waals surface area contributed by atoms with Crippen LogP contribution in [-0.2, 0) is 11.3 Å². The summed E-state index contributed by atoms with van der Waals surface area (Å²) in [5.41, 5.74) is 0.660. The molecule has 1 amide bonds. The van der Waals surface area contributed by atoms with Gasteiger partial charge in [0, 0.05) is 12.6 Å². The second kappa shape index (κ2) is 4.96. The number of carbonyl (C=O) groups excluding carboxylic acids is 1. The topological polar surface area (TPSA) is 67.2 Å². The van der Waals surface area contributed by atoms with Crippen molar-refractivity contribution in [1.82, 2.24) is 15.8 Å². The van der Waals surface area contributed by atoms with Crippen molar-refractivity contribution in [1.29, 1.82) is 0 Å². The molecule has 1 aromatic rings. The molecular formula is C14H21N3O2. The smallest absolute Gasteiger partial charge is 0.228 e. The third-order valence-corrected chi connectivity index (χ3v) is 4.59. The molecule has 1 aliphatic carbocycles. The molecule has 0 aromatic carbocycles. The van der Waals surface area contributed by atoms with E-state index in [1.807, 2.05) is 13.0 Å². The van der Waals surface area contributed by atoms with Crippen LogP contribution in [0.5, 0.6) is 0 Å². The zero-order chi connectivity index (χ0) is 13.3. The Kier molecular flexibility index (Phi) is 3.31. The largest absolute Gasteiger partial charge is 0.359 e. The van der Waals surface area contributed by atoms with Gasteiger partial charge in [0.2, 0.25) is 5.91 Å². The summed E-state index contributed by atoms with van der Waals surface area (Å²) in [7, 11) is 0. The van der Waals surface area contributed by atoms with Crippen LogP contribution in [0.2, 0.25) is 0 Å². The fourth-order valence-corrected chi connectivity index (χ4v) is 3.53. The lowest BCUT2D eigenvalue weighted by atomic mass is 9.67. The fourth-order valence-electron chi connectivity index (χ4n) is 3.53. The number of nitrogens with one attached hydrogen (secondary N) is 2. The summed E-state index contributed by atoms with van der Waals surface area (Å²) in [5, 5.41) is 10.3. The van der Waals surface area contributed by atoms with Crippen molar-refractivity contribution < 1.29 is 9.32 Å². The number of aromatic nitrogens is 1. The van der Waals surface area contributed by atoms with Crippen molar-refractivity contribution in [2.75, 3.05) is 13.1 Å². The van der Waals surface area contributed by atoms with Gasteiger partial charge in [-0.05, 0) is 32.2 Å². The standard InChI is InChI=1S/C14H21N3O2/c1-10-6-12(19-17-10)8-16-13(18)14-5-3-2-4-11(14)7-15-9-14/h6,11,15H,2-5,7-9H2,1H3,(H,16,18)/t11-,14+/m0/s1. The molecule has 19 heavy (non-hydrogen) atoms. The predicted molar refractivity (Wildman–Crippen MR) is 70.3 cm³/mol. The van der Waals surface area contributed by atoms with Crippen molar-refractivity contribution in [3.63, 3.8) is 0 Å². The maximum absolute atomic E-state index is 12.6. The van der Waals surface area contributed by atoms with Crippen LogP contribution in [0.1, 0.15) is 37.1 Å². The van der Waals surface area contributed by atoms with Gasteiger partial charge in [0.25, 0.3) is 0 Å². The molecule has 2 fully saturated rings. The first kappa shape index (κ1) is 12.7. The fraction of sp³-hybridized carbons (Fsp3) is 0.714. The quantitative estimate of drug-likeness (QED) is 0.864. The third kappa shape index (κ3) is 2.27. The van der Waals surface area contributed by atoms with Gasteiger partial charge < -0.3 is 15.2 Å². The van der Waals surface area contributed by atoms with E-state index in [0.29, 0.717) is 12.5 Å². The molecule has 0 unspecified atom stereocenters. The van der Waals surface area contributed by atoms with Crippen LogP contribution in [0.15, 0.2) is 10.6 Å². The van der Waals surface area contributed by atoms with Gasteiger partial charge in [-0.1, -0.05) is 18.0 Å². The molecular weight excluding hydrogens is 242 g/mol. The Labute approximate surface area is 113 Å². The van der Waals surface area contributed by atoms with Gasteiger partial charge >= 0.3 is 0 Å². The van der Waals surface area contributed by atoms with Crippen molar-refractivity contribution in [2.24, 2.45) is 11.3 Å². The highest BCUT2D eigenvalue weighted by Gasteiger charge is 2.49. The molecule has 1 saturated carbocycles. The molecule has 2 heterocycles. The van der Waals surface area contributed by atoms with E-state index in [-0.39, 0.29) is 11.3 Å². The Morgan fingerprint density at radius 3 is 3.32 bits per heavy atom. The summed E-state index contributed by atoms with van der Waals surface area (Å²) in [6.45, 7) is 4.12. The molecule has 1 saturated heterocycles. The predicted octanol–water partition coefficient (Wildman–Crippen LogP) is 1.38. The minimum Gasteiger partial charge on any atom is -0.359 e. The van der Waals surface area contributed by atoms with E-state index in [0.717, 1.165) is 37.4 Å².